The molecule has 1 aliphatic carbocycles. The monoisotopic (exact) mass is 287 g/mol. The van der Waals surface area contributed by atoms with Crippen LogP contribution in [0.25, 0.3) is 10.2 Å². The van der Waals surface area contributed by atoms with Gasteiger partial charge in [0.05, 0.1) is 5.39 Å². The molecule has 1 aliphatic heterocycles. The number of nitrogens with zero attached hydrogens (tertiary/aromatic N) is 3. The lowest BCUT2D eigenvalue weighted by molar-refractivity contribution is 0.573. The van der Waals surface area contributed by atoms with Crippen LogP contribution in [0.15, 0.2) is 0 Å². The number of fused-ring (bicyclic) bond motifs is 3. The van der Waals surface area contributed by atoms with Crippen molar-refractivity contribution < 1.29 is 0 Å². The van der Waals surface area contributed by atoms with E-state index in [9.17, 15) is 0 Å². The van der Waals surface area contributed by atoms with Crippen LogP contribution in [-0.2, 0) is 19.3 Å². The highest BCUT2D eigenvalue weighted by molar-refractivity contribution is 7.19. The van der Waals surface area contributed by atoms with Crippen LogP contribution in [-0.4, -0.2) is 23.1 Å². The van der Waals surface area contributed by atoms with Gasteiger partial charge in [-0.05, 0) is 44.1 Å². The van der Waals surface area contributed by atoms with Crippen LogP contribution < -0.4 is 4.90 Å². The third kappa shape index (κ3) is 1.93. The lowest BCUT2D eigenvalue weighted by Gasteiger charge is -2.28. The second-order valence-electron chi connectivity index (χ2n) is 5.90. The second-order valence-corrected chi connectivity index (χ2v) is 6.99. The summed E-state index contributed by atoms with van der Waals surface area (Å²) in [6.07, 6.45) is 8.69. The Morgan fingerprint density at radius 2 is 1.90 bits per heavy atom. The van der Waals surface area contributed by atoms with Gasteiger partial charge in [0.25, 0.3) is 0 Å². The number of aromatic nitrogens is 2. The van der Waals surface area contributed by atoms with Gasteiger partial charge in [0.1, 0.15) is 16.5 Å². The summed E-state index contributed by atoms with van der Waals surface area (Å²) in [7, 11) is 0. The molecule has 0 amide bonds. The van der Waals surface area contributed by atoms with Crippen LogP contribution in [0.3, 0.4) is 0 Å². The molecule has 0 N–H and O–H groups in total. The molecule has 2 aromatic rings. The van der Waals surface area contributed by atoms with Crippen molar-refractivity contribution in [3.63, 3.8) is 0 Å². The van der Waals surface area contributed by atoms with Crippen LogP contribution in [0.1, 0.15) is 48.9 Å². The van der Waals surface area contributed by atoms with Crippen molar-refractivity contribution in [3.8, 4) is 0 Å². The molecule has 0 bridgehead atoms. The van der Waals surface area contributed by atoms with Crippen LogP contribution in [0.4, 0.5) is 5.82 Å². The topological polar surface area (TPSA) is 29.0 Å². The average molecular weight is 287 g/mol. The van der Waals surface area contributed by atoms with Crippen molar-refractivity contribution in [1.82, 2.24) is 9.97 Å². The van der Waals surface area contributed by atoms with Gasteiger partial charge in [0, 0.05) is 24.4 Å². The number of hydrogen-bond acceptors (Lipinski definition) is 4. The molecule has 0 saturated carbocycles. The maximum atomic E-state index is 4.91. The zero-order chi connectivity index (χ0) is 13.5. The van der Waals surface area contributed by atoms with Crippen molar-refractivity contribution in [1.29, 1.82) is 0 Å². The molecule has 4 heteroatoms. The van der Waals surface area contributed by atoms with E-state index in [0.29, 0.717) is 0 Å². The summed E-state index contributed by atoms with van der Waals surface area (Å²) < 4.78 is 0. The molecule has 0 spiro atoms. The third-order valence-corrected chi connectivity index (χ3v) is 5.75. The number of thiophene rings is 1. The fourth-order valence-electron chi connectivity index (χ4n) is 3.51. The molecule has 2 aromatic heterocycles. The molecule has 1 fully saturated rings. The van der Waals surface area contributed by atoms with E-state index in [1.807, 2.05) is 11.3 Å². The van der Waals surface area contributed by atoms with Gasteiger partial charge >= 0.3 is 0 Å². The first-order valence-corrected chi connectivity index (χ1v) is 8.74. The Morgan fingerprint density at radius 3 is 2.70 bits per heavy atom. The molecule has 3 nitrogen and oxygen atoms in total. The molecular weight excluding hydrogens is 266 g/mol. The molecule has 1 saturated heterocycles. The van der Waals surface area contributed by atoms with Gasteiger partial charge in [-0.3, -0.25) is 0 Å². The van der Waals surface area contributed by atoms with E-state index in [4.69, 9.17) is 9.97 Å². The summed E-state index contributed by atoms with van der Waals surface area (Å²) in [5, 5.41) is 1.39. The summed E-state index contributed by atoms with van der Waals surface area (Å²) in [5.74, 6) is 2.25. The van der Waals surface area contributed by atoms with Gasteiger partial charge in [-0.15, -0.1) is 11.3 Å². The minimum absolute atomic E-state index is 0.930. The summed E-state index contributed by atoms with van der Waals surface area (Å²) in [6.45, 7) is 4.49. The van der Waals surface area contributed by atoms with Gasteiger partial charge in [0.2, 0.25) is 0 Å². The smallest absolute Gasteiger partial charge is 0.141 e. The summed E-state index contributed by atoms with van der Waals surface area (Å²) >= 11 is 1.92. The molecule has 0 radical (unpaired) electrons. The van der Waals surface area contributed by atoms with E-state index in [0.717, 1.165) is 12.2 Å². The normalized spacial score (nSPS) is 18.8. The number of rotatable bonds is 2. The van der Waals surface area contributed by atoms with Gasteiger partial charge < -0.3 is 4.90 Å². The minimum atomic E-state index is 0.930. The zero-order valence-electron chi connectivity index (χ0n) is 12.1. The van der Waals surface area contributed by atoms with Crippen LogP contribution >= 0.6 is 11.3 Å². The average Bonchev–Trinajstić information content (AvgIpc) is 3.07. The Kier molecular flexibility index (Phi) is 3.14. The van der Waals surface area contributed by atoms with E-state index in [-0.39, 0.29) is 0 Å². The summed E-state index contributed by atoms with van der Waals surface area (Å²) in [5.41, 5.74) is 1.56. The highest BCUT2D eigenvalue weighted by atomic mass is 32.1. The Balaban J connectivity index is 1.91. The molecule has 20 heavy (non-hydrogen) atoms. The van der Waals surface area contributed by atoms with Crippen molar-refractivity contribution in [2.75, 3.05) is 18.0 Å². The maximum Gasteiger partial charge on any atom is 0.141 e. The molecule has 106 valence electrons. The maximum absolute atomic E-state index is 4.91. The van der Waals surface area contributed by atoms with Gasteiger partial charge in [-0.2, -0.15) is 0 Å². The van der Waals surface area contributed by atoms with Gasteiger partial charge in [-0.1, -0.05) is 6.92 Å². The van der Waals surface area contributed by atoms with Crippen molar-refractivity contribution in [2.24, 2.45) is 0 Å². The fourth-order valence-corrected chi connectivity index (χ4v) is 4.79. The largest absolute Gasteiger partial charge is 0.356 e. The minimum Gasteiger partial charge on any atom is -0.356 e. The summed E-state index contributed by atoms with van der Waals surface area (Å²) in [4.78, 5) is 15.0. The quantitative estimate of drug-likeness (QED) is 0.842. The third-order valence-electron chi connectivity index (χ3n) is 4.56. The predicted molar refractivity (Wildman–Crippen MR) is 84.9 cm³/mol. The van der Waals surface area contributed by atoms with E-state index in [1.54, 1.807) is 10.4 Å². The first kappa shape index (κ1) is 12.6. The van der Waals surface area contributed by atoms with Crippen molar-refractivity contribution in [2.45, 2.75) is 51.9 Å². The molecule has 0 aromatic carbocycles. The molecule has 2 aliphatic rings. The van der Waals surface area contributed by atoms with Crippen LogP contribution in [0, 0.1) is 0 Å². The molecular formula is C16H21N3S. The number of hydrogen-bond donors (Lipinski definition) is 0. The van der Waals surface area contributed by atoms with E-state index in [2.05, 4.69) is 11.8 Å². The SMILES string of the molecule is CCc1nc(N2CCCCC2)c2c3c(sc2n1)CCC3. The first-order valence-electron chi connectivity index (χ1n) is 7.93. The highest BCUT2D eigenvalue weighted by Gasteiger charge is 2.25. The molecule has 3 heterocycles. The van der Waals surface area contributed by atoms with E-state index < -0.39 is 0 Å². The Bertz CT molecular complexity index is 641. The highest BCUT2D eigenvalue weighted by Crippen LogP contribution is 2.41. The van der Waals surface area contributed by atoms with Crippen molar-refractivity contribution >= 4 is 27.4 Å². The van der Waals surface area contributed by atoms with Gasteiger partial charge in [0.15, 0.2) is 0 Å². The van der Waals surface area contributed by atoms with Crippen LogP contribution in [0.2, 0.25) is 0 Å². The Labute approximate surface area is 124 Å². The molecule has 0 atom stereocenters. The second kappa shape index (κ2) is 4.99. The Hall–Kier alpha value is -1.16. The van der Waals surface area contributed by atoms with E-state index >= 15 is 0 Å². The number of piperidine rings is 1. The lowest BCUT2D eigenvalue weighted by atomic mass is 10.1. The van der Waals surface area contributed by atoms with Crippen molar-refractivity contribution in [3.05, 3.63) is 16.3 Å². The Morgan fingerprint density at radius 1 is 1.05 bits per heavy atom. The van der Waals surface area contributed by atoms with Crippen LogP contribution in [0.5, 0.6) is 0 Å². The number of aryl methyl sites for hydroxylation is 3. The fraction of sp³-hybridized carbons (Fsp3) is 0.625. The number of anilines is 1. The summed E-state index contributed by atoms with van der Waals surface area (Å²) in [6, 6.07) is 0. The van der Waals surface area contributed by atoms with Gasteiger partial charge in [-0.25, -0.2) is 9.97 Å². The molecule has 4 rings (SSSR count). The first-order chi connectivity index (χ1) is 9.86. The lowest BCUT2D eigenvalue weighted by Crippen LogP contribution is -2.30. The van der Waals surface area contributed by atoms with E-state index in [1.165, 1.54) is 67.6 Å². The predicted octanol–water partition coefficient (Wildman–Crippen LogP) is 3.73. The zero-order valence-corrected chi connectivity index (χ0v) is 12.9. The molecule has 0 unspecified atom stereocenters. The standard InChI is InChI=1S/C16H21N3S/c1-2-13-17-15(19-9-4-3-5-10-19)14-11-7-6-8-12(11)20-16(14)18-13/h2-10H2,1H3.